The van der Waals surface area contributed by atoms with Gasteiger partial charge in [0, 0.05) is 5.54 Å². The van der Waals surface area contributed by atoms with Crippen molar-refractivity contribution in [2.75, 3.05) is 0 Å². The van der Waals surface area contributed by atoms with Gasteiger partial charge < -0.3 is 5.73 Å². The van der Waals surface area contributed by atoms with Gasteiger partial charge in [0.2, 0.25) is 0 Å². The third-order valence-electron chi connectivity index (χ3n) is 4.54. The second-order valence-corrected chi connectivity index (χ2v) is 6.74. The maximum absolute atomic E-state index is 13.9. The van der Waals surface area contributed by atoms with Crippen LogP contribution in [0.2, 0.25) is 5.02 Å². The van der Waals surface area contributed by atoms with Crippen molar-refractivity contribution in [1.29, 1.82) is 0 Å². The molecule has 1 aliphatic carbocycles. The Kier molecular flexibility index (Phi) is 4.52. The molecule has 0 aliphatic heterocycles. The number of nitrogens with two attached hydrogens (primary N) is 1. The van der Waals surface area contributed by atoms with E-state index in [1.165, 1.54) is 0 Å². The molecule has 1 aliphatic rings. The van der Waals surface area contributed by atoms with Gasteiger partial charge in [-0.2, -0.15) is 0 Å². The Labute approximate surface area is 120 Å². The molecule has 106 valence electrons. The molecular formula is C16H23ClFN. The first-order valence-corrected chi connectivity index (χ1v) is 7.51. The molecule has 1 aromatic carbocycles. The maximum atomic E-state index is 13.9. The van der Waals surface area contributed by atoms with E-state index in [-0.39, 0.29) is 16.4 Å². The van der Waals surface area contributed by atoms with Gasteiger partial charge in [0.15, 0.2) is 0 Å². The second kappa shape index (κ2) is 5.80. The highest BCUT2D eigenvalue weighted by molar-refractivity contribution is 6.30. The van der Waals surface area contributed by atoms with Crippen molar-refractivity contribution in [1.82, 2.24) is 0 Å². The van der Waals surface area contributed by atoms with Crippen LogP contribution in [-0.2, 0) is 6.42 Å². The molecule has 1 nitrogen and oxygen atoms in total. The summed E-state index contributed by atoms with van der Waals surface area (Å²) in [5.74, 6) is 1.17. The van der Waals surface area contributed by atoms with Gasteiger partial charge in [-0.25, -0.2) is 4.39 Å². The van der Waals surface area contributed by atoms with Crippen LogP contribution < -0.4 is 5.73 Å². The summed E-state index contributed by atoms with van der Waals surface area (Å²) in [5.41, 5.74) is 6.85. The summed E-state index contributed by atoms with van der Waals surface area (Å²) in [7, 11) is 0. The van der Waals surface area contributed by atoms with Crippen LogP contribution in [0.15, 0.2) is 18.2 Å². The van der Waals surface area contributed by atoms with Gasteiger partial charge in [0.05, 0.1) is 5.02 Å². The van der Waals surface area contributed by atoms with Crippen molar-refractivity contribution in [2.45, 2.75) is 51.5 Å². The lowest BCUT2D eigenvalue weighted by atomic mass is 9.71. The van der Waals surface area contributed by atoms with E-state index in [2.05, 4.69) is 13.8 Å². The van der Waals surface area contributed by atoms with E-state index in [4.69, 9.17) is 17.3 Å². The van der Waals surface area contributed by atoms with Gasteiger partial charge in [0.25, 0.3) is 0 Å². The van der Waals surface area contributed by atoms with Crippen LogP contribution in [0.1, 0.15) is 45.1 Å². The number of benzene rings is 1. The van der Waals surface area contributed by atoms with E-state index < -0.39 is 0 Å². The summed E-state index contributed by atoms with van der Waals surface area (Å²) in [6, 6.07) is 5.17. The highest BCUT2D eigenvalue weighted by atomic mass is 35.5. The van der Waals surface area contributed by atoms with E-state index in [1.54, 1.807) is 18.2 Å². The van der Waals surface area contributed by atoms with Gasteiger partial charge >= 0.3 is 0 Å². The molecule has 0 spiro atoms. The minimum absolute atomic E-state index is 0.192. The zero-order valence-corrected chi connectivity index (χ0v) is 12.5. The van der Waals surface area contributed by atoms with Gasteiger partial charge in [-0.15, -0.1) is 0 Å². The first kappa shape index (κ1) is 14.8. The molecular weight excluding hydrogens is 261 g/mol. The summed E-state index contributed by atoms with van der Waals surface area (Å²) in [5, 5.41) is 0.192. The third kappa shape index (κ3) is 3.49. The van der Waals surface area contributed by atoms with Gasteiger partial charge in [-0.1, -0.05) is 37.6 Å². The Morgan fingerprint density at radius 3 is 2.58 bits per heavy atom. The van der Waals surface area contributed by atoms with Crippen molar-refractivity contribution >= 4 is 11.6 Å². The molecule has 0 saturated heterocycles. The quantitative estimate of drug-likeness (QED) is 0.864. The predicted molar refractivity (Wildman–Crippen MR) is 78.8 cm³/mol. The van der Waals surface area contributed by atoms with Crippen molar-refractivity contribution in [2.24, 2.45) is 17.6 Å². The lowest BCUT2D eigenvalue weighted by molar-refractivity contribution is 0.193. The number of hydrogen-bond acceptors (Lipinski definition) is 1. The normalized spacial score (nSPS) is 27.8. The summed E-state index contributed by atoms with van der Waals surface area (Å²) in [6.07, 6.45) is 4.83. The molecule has 3 heteroatoms. The smallest absolute Gasteiger partial charge is 0.145 e. The molecule has 0 heterocycles. The minimum Gasteiger partial charge on any atom is -0.325 e. The summed E-state index contributed by atoms with van der Waals surface area (Å²) in [4.78, 5) is 0. The fraction of sp³-hybridized carbons (Fsp3) is 0.625. The van der Waals surface area contributed by atoms with Crippen molar-refractivity contribution in [3.05, 3.63) is 34.6 Å². The molecule has 1 saturated carbocycles. The average Bonchev–Trinajstić information content (AvgIpc) is 2.35. The highest BCUT2D eigenvalue weighted by Gasteiger charge is 2.33. The molecule has 0 aromatic heterocycles. The van der Waals surface area contributed by atoms with E-state index in [9.17, 15) is 4.39 Å². The van der Waals surface area contributed by atoms with Crippen molar-refractivity contribution in [3.63, 3.8) is 0 Å². The molecule has 0 unspecified atom stereocenters. The SMILES string of the molecule is CC(C)C1CCC(N)(Cc2cccc(Cl)c2F)CC1. The Morgan fingerprint density at radius 1 is 1.37 bits per heavy atom. The van der Waals surface area contributed by atoms with Crippen LogP contribution in [-0.4, -0.2) is 5.54 Å². The molecule has 0 amide bonds. The summed E-state index contributed by atoms with van der Waals surface area (Å²) in [6.45, 7) is 4.54. The minimum atomic E-state index is -0.306. The zero-order valence-electron chi connectivity index (χ0n) is 11.8. The molecule has 0 radical (unpaired) electrons. The van der Waals surface area contributed by atoms with E-state index in [0.29, 0.717) is 17.9 Å². The predicted octanol–water partition coefficient (Wildman–Crippen LogP) is 4.57. The number of halogens is 2. The van der Waals surface area contributed by atoms with Gasteiger partial charge in [-0.3, -0.25) is 0 Å². The van der Waals surface area contributed by atoms with Gasteiger partial charge in [0.1, 0.15) is 5.82 Å². The Morgan fingerprint density at radius 2 is 2.00 bits per heavy atom. The highest BCUT2D eigenvalue weighted by Crippen LogP contribution is 2.36. The number of rotatable bonds is 3. The van der Waals surface area contributed by atoms with Crippen LogP contribution in [0.5, 0.6) is 0 Å². The molecule has 0 bridgehead atoms. The van der Waals surface area contributed by atoms with E-state index in [0.717, 1.165) is 31.6 Å². The molecule has 19 heavy (non-hydrogen) atoms. The first-order valence-electron chi connectivity index (χ1n) is 7.13. The Bertz CT molecular complexity index is 436. The average molecular weight is 284 g/mol. The van der Waals surface area contributed by atoms with Gasteiger partial charge in [-0.05, 0) is 55.6 Å². The second-order valence-electron chi connectivity index (χ2n) is 6.33. The largest absolute Gasteiger partial charge is 0.325 e. The molecule has 2 rings (SSSR count). The Balaban J connectivity index is 2.05. The topological polar surface area (TPSA) is 26.0 Å². The molecule has 1 aromatic rings. The Hall–Kier alpha value is -0.600. The van der Waals surface area contributed by atoms with Crippen LogP contribution in [0.25, 0.3) is 0 Å². The lowest BCUT2D eigenvalue weighted by Crippen LogP contribution is -2.46. The summed E-state index contributed by atoms with van der Waals surface area (Å²) < 4.78 is 13.9. The van der Waals surface area contributed by atoms with Crippen LogP contribution in [0.4, 0.5) is 4.39 Å². The van der Waals surface area contributed by atoms with Crippen LogP contribution >= 0.6 is 11.6 Å². The summed E-state index contributed by atoms with van der Waals surface area (Å²) >= 11 is 5.83. The van der Waals surface area contributed by atoms with Crippen molar-refractivity contribution in [3.8, 4) is 0 Å². The third-order valence-corrected chi connectivity index (χ3v) is 4.83. The monoisotopic (exact) mass is 283 g/mol. The van der Waals surface area contributed by atoms with Crippen LogP contribution in [0, 0.1) is 17.7 Å². The molecule has 1 fully saturated rings. The van der Waals surface area contributed by atoms with Crippen LogP contribution in [0.3, 0.4) is 0 Å². The van der Waals surface area contributed by atoms with E-state index >= 15 is 0 Å². The number of hydrogen-bond donors (Lipinski definition) is 1. The molecule has 0 atom stereocenters. The van der Waals surface area contributed by atoms with Crippen molar-refractivity contribution < 1.29 is 4.39 Å². The lowest BCUT2D eigenvalue weighted by Gasteiger charge is -2.39. The molecule has 2 N–H and O–H groups in total. The maximum Gasteiger partial charge on any atom is 0.145 e. The fourth-order valence-corrected chi connectivity index (χ4v) is 3.32. The standard InChI is InChI=1S/C16H23ClFN/c1-11(2)12-6-8-16(19,9-7-12)10-13-4-3-5-14(17)15(13)18/h3-5,11-12H,6-10,19H2,1-2H3. The van der Waals surface area contributed by atoms with E-state index in [1.807, 2.05) is 0 Å². The zero-order chi connectivity index (χ0) is 14.0. The first-order chi connectivity index (χ1) is 8.91. The fourth-order valence-electron chi connectivity index (χ4n) is 3.12.